The quantitative estimate of drug-likeness (QED) is 0.790. The molecule has 1 aromatic carbocycles. The highest BCUT2D eigenvalue weighted by Gasteiger charge is 2.34. The molecule has 0 heterocycles. The number of methoxy groups -OCH3 is 2. The standard InChI is InChI=1S/C14H20O4/c1-5-14(16,6-2)13(15)11-9-10(17-3)7-8-12(11)18-4/h7-9,16H,5-6H2,1-4H3. The van der Waals surface area contributed by atoms with Crippen molar-refractivity contribution in [3.8, 4) is 11.5 Å². The Kier molecular flexibility index (Phi) is 4.73. The highest BCUT2D eigenvalue weighted by atomic mass is 16.5. The van der Waals surface area contributed by atoms with Crippen molar-refractivity contribution in [1.29, 1.82) is 0 Å². The summed E-state index contributed by atoms with van der Waals surface area (Å²) in [6.07, 6.45) is 0.728. The summed E-state index contributed by atoms with van der Waals surface area (Å²) in [5.41, 5.74) is -0.998. The Morgan fingerprint density at radius 3 is 2.28 bits per heavy atom. The van der Waals surface area contributed by atoms with E-state index in [1.54, 1.807) is 32.0 Å². The van der Waals surface area contributed by atoms with Crippen LogP contribution < -0.4 is 9.47 Å². The van der Waals surface area contributed by atoms with E-state index in [0.717, 1.165) is 0 Å². The summed E-state index contributed by atoms with van der Waals surface area (Å²) in [6.45, 7) is 3.57. The molecule has 0 saturated heterocycles. The van der Waals surface area contributed by atoms with Crippen LogP contribution in [-0.4, -0.2) is 30.7 Å². The van der Waals surface area contributed by atoms with Crippen LogP contribution in [0, 0.1) is 0 Å². The molecule has 0 bridgehead atoms. The van der Waals surface area contributed by atoms with E-state index in [0.29, 0.717) is 29.9 Å². The number of carbonyl (C=O) groups excluding carboxylic acids is 1. The van der Waals surface area contributed by atoms with Crippen LogP contribution in [-0.2, 0) is 0 Å². The minimum atomic E-state index is -1.35. The number of carbonyl (C=O) groups is 1. The van der Waals surface area contributed by atoms with E-state index in [1.807, 2.05) is 0 Å². The Balaban J connectivity index is 3.25. The molecule has 0 radical (unpaired) electrons. The predicted molar refractivity (Wildman–Crippen MR) is 69.4 cm³/mol. The monoisotopic (exact) mass is 252 g/mol. The van der Waals surface area contributed by atoms with Crippen molar-refractivity contribution in [3.63, 3.8) is 0 Å². The number of benzene rings is 1. The molecule has 18 heavy (non-hydrogen) atoms. The van der Waals surface area contributed by atoms with E-state index in [2.05, 4.69) is 0 Å². The zero-order valence-corrected chi connectivity index (χ0v) is 11.3. The van der Waals surface area contributed by atoms with Crippen LogP contribution in [0.4, 0.5) is 0 Å². The highest BCUT2D eigenvalue weighted by Crippen LogP contribution is 2.30. The highest BCUT2D eigenvalue weighted by molar-refractivity contribution is 6.04. The number of hydrogen-bond donors (Lipinski definition) is 1. The Morgan fingerprint density at radius 1 is 1.22 bits per heavy atom. The molecule has 1 N–H and O–H groups in total. The molecule has 0 spiro atoms. The zero-order chi connectivity index (χ0) is 13.8. The fourth-order valence-electron chi connectivity index (χ4n) is 1.81. The SMILES string of the molecule is CCC(O)(CC)C(=O)c1cc(OC)ccc1OC. The van der Waals surface area contributed by atoms with Gasteiger partial charge in [0.2, 0.25) is 0 Å². The van der Waals surface area contributed by atoms with Gasteiger partial charge < -0.3 is 14.6 Å². The van der Waals surface area contributed by atoms with E-state index in [-0.39, 0.29) is 5.78 Å². The number of hydrogen-bond acceptors (Lipinski definition) is 4. The van der Waals surface area contributed by atoms with Gasteiger partial charge in [-0.2, -0.15) is 0 Å². The van der Waals surface area contributed by atoms with Crippen molar-refractivity contribution in [2.24, 2.45) is 0 Å². The molecule has 0 fully saturated rings. The van der Waals surface area contributed by atoms with Gasteiger partial charge in [0.1, 0.15) is 17.1 Å². The van der Waals surface area contributed by atoms with Gasteiger partial charge in [-0.25, -0.2) is 0 Å². The van der Waals surface area contributed by atoms with Gasteiger partial charge in [0, 0.05) is 0 Å². The van der Waals surface area contributed by atoms with Crippen molar-refractivity contribution < 1.29 is 19.4 Å². The summed E-state index contributed by atoms with van der Waals surface area (Å²) in [5.74, 6) is 0.679. The average molecular weight is 252 g/mol. The summed E-state index contributed by atoms with van der Waals surface area (Å²) >= 11 is 0. The van der Waals surface area contributed by atoms with Crippen LogP contribution in [0.3, 0.4) is 0 Å². The van der Waals surface area contributed by atoms with E-state index in [9.17, 15) is 9.90 Å². The molecular weight excluding hydrogens is 232 g/mol. The van der Waals surface area contributed by atoms with Crippen molar-refractivity contribution in [1.82, 2.24) is 0 Å². The number of ether oxygens (including phenoxy) is 2. The molecule has 100 valence electrons. The van der Waals surface area contributed by atoms with Crippen LogP contribution in [0.2, 0.25) is 0 Å². The fraction of sp³-hybridized carbons (Fsp3) is 0.500. The van der Waals surface area contributed by atoms with E-state index < -0.39 is 5.60 Å². The number of Topliss-reactive ketones (excluding diaryl/α,β-unsaturated/α-hetero) is 1. The van der Waals surface area contributed by atoms with Gasteiger partial charge in [-0.1, -0.05) is 13.8 Å². The smallest absolute Gasteiger partial charge is 0.198 e. The first-order chi connectivity index (χ1) is 8.52. The molecule has 4 heteroatoms. The topological polar surface area (TPSA) is 55.8 Å². The summed E-state index contributed by atoms with van der Waals surface area (Å²) in [4.78, 5) is 12.4. The minimum Gasteiger partial charge on any atom is -0.497 e. The largest absolute Gasteiger partial charge is 0.497 e. The van der Waals surface area contributed by atoms with Crippen LogP contribution in [0.25, 0.3) is 0 Å². The van der Waals surface area contributed by atoms with Gasteiger partial charge in [0.25, 0.3) is 0 Å². The Bertz CT molecular complexity index is 422. The van der Waals surface area contributed by atoms with Crippen molar-refractivity contribution in [2.75, 3.05) is 14.2 Å². The molecule has 0 aliphatic rings. The van der Waals surface area contributed by atoms with Gasteiger partial charge in [-0.3, -0.25) is 4.79 Å². The summed E-state index contributed by atoms with van der Waals surface area (Å²) < 4.78 is 10.3. The van der Waals surface area contributed by atoms with E-state index >= 15 is 0 Å². The number of rotatable bonds is 6. The molecule has 0 aliphatic carbocycles. The molecule has 0 aromatic heterocycles. The lowest BCUT2D eigenvalue weighted by molar-refractivity contribution is 0.0275. The fourth-order valence-corrected chi connectivity index (χ4v) is 1.81. The number of ketones is 1. The molecule has 0 unspecified atom stereocenters. The van der Waals surface area contributed by atoms with Gasteiger partial charge in [-0.15, -0.1) is 0 Å². The molecule has 0 saturated carbocycles. The molecule has 0 aliphatic heterocycles. The maximum absolute atomic E-state index is 12.4. The lowest BCUT2D eigenvalue weighted by Crippen LogP contribution is -2.37. The molecule has 4 nitrogen and oxygen atoms in total. The molecular formula is C14H20O4. The van der Waals surface area contributed by atoms with E-state index in [1.165, 1.54) is 14.2 Å². The third-order valence-electron chi connectivity index (χ3n) is 3.24. The van der Waals surface area contributed by atoms with Crippen molar-refractivity contribution in [2.45, 2.75) is 32.3 Å². The first-order valence-corrected chi connectivity index (χ1v) is 6.01. The molecule has 1 rings (SSSR count). The maximum Gasteiger partial charge on any atom is 0.198 e. The minimum absolute atomic E-state index is 0.330. The Labute approximate surface area is 108 Å². The summed E-state index contributed by atoms with van der Waals surface area (Å²) in [6, 6.07) is 4.97. The second-order valence-corrected chi connectivity index (χ2v) is 4.13. The Hall–Kier alpha value is -1.55. The van der Waals surface area contributed by atoms with Gasteiger partial charge in [-0.05, 0) is 31.0 Å². The third kappa shape index (κ3) is 2.64. The van der Waals surface area contributed by atoms with Gasteiger partial charge in [0.15, 0.2) is 5.78 Å². The van der Waals surface area contributed by atoms with Gasteiger partial charge >= 0.3 is 0 Å². The summed E-state index contributed by atoms with van der Waals surface area (Å²) in [5, 5.41) is 10.3. The lowest BCUT2D eigenvalue weighted by Gasteiger charge is -2.24. The zero-order valence-electron chi connectivity index (χ0n) is 11.3. The second-order valence-electron chi connectivity index (χ2n) is 4.13. The molecule has 1 aromatic rings. The molecule has 0 amide bonds. The maximum atomic E-state index is 12.4. The lowest BCUT2D eigenvalue weighted by atomic mass is 9.87. The normalized spacial score (nSPS) is 11.2. The third-order valence-corrected chi connectivity index (χ3v) is 3.24. The van der Waals surface area contributed by atoms with Crippen LogP contribution >= 0.6 is 0 Å². The Morgan fingerprint density at radius 2 is 1.83 bits per heavy atom. The first kappa shape index (κ1) is 14.5. The summed E-state index contributed by atoms with van der Waals surface area (Å²) in [7, 11) is 3.03. The van der Waals surface area contributed by atoms with Crippen LogP contribution in [0.1, 0.15) is 37.0 Å². The van der Waals surface area contributed by atoms with Crippen molar-refractivity contribution >= 4 is 5.78 Å². The van der Waals surface area contributed by atoms with Gasteiger partial charge in [0.05, 0.1) is 19.8 Å². The average Bonchev–Trinajstić information content (AvgIpc) is 2.44. The number of aliphatic hydroxyl groups is 1. The predicted octanol–water partition coefficient (Wildman–Crippen LogP) is 2.44. The van der Waals surface area contributed by atoms with Crippen LogP contribution in [0.5, 0.6) is 11.5 Å². The van der Waals surface area contributed by atoms with Crippen molar-refractivity contribution in [3.05, 3.63) is 23.8 Å². The van der Waals surface area contributed by atoms with Crippen LogP contribution in [0.15, 0.2) is 18.2 Å². The second kappa shape index (κ2) is 5.87. The molecule has 0 atom stereocenters. The first-order valence-electron chi connectivity index (χ1n) is 6.01. The van der Waals surface area contributed by atoms with E-state index in [4.69, 9.17) is 9.47 Å².